The van der Waals surface area contributed by atoms with Crippen LogP contribution < -0.4 is 0 Å². The van der Waals surface area contributed by atoms with Crippen LogP contribution in [-0.4, -0.2) is 26.9 Å². The lowest BCUT2D eigenvalue weighted by Gasteiger charge is -2.23. The van der Waals surface area contributed by atoms with Crippen molar-refractivity contribution in [2.75, 3.05) is 0 Å². The second-order valence-corrected chi connectivity index (χ2v) is 6.19. The van der Waals surface area contributed by atoms with E-state index in [9.17, 15) is 13.6 Å². The molecule has 1 unspecified atom stereocenters. The molecule has 1 aliphatic rings. The van der Waals surface area contributed by atoms with Crippen molar-refractivity contribution in [3.63, 3.8) is 0 Å². The maximum absolute atomic E-state index is 13.5. The summed E-state index contributed by atoms with van der Waals surface area (Å²) in [6.07, 6.45) is 4.64. The summed E-state index contributed by atoms with van der Waals surface area (Å²) in [5.74, 6) is -1.77. The van der Waals surface area contributed by atoms with Crippen LogP contribution in [0.15, 0.2) is 47.7 Å². The molecule has 1 aromatic heterocycles. The molecule has 1 aliphatic heterocycles. The number of hydrazone groups is 1. The lowest BCUT2D eigenvalue weighted by atomic mass is 10.0. The first kappa shape index (κ1) is 18.5. The number of hydrogen-bond acceptors (Lipinski definition) is 4. The van der Waals surface area contributed by atoms with Crippen LogP contribution in [-0.2, 0) is 11.3 Å². The molecule has 1 atom stereocenters. The molecule has 6 nitrogen and oxygen atoms in total. The van der Waals surface area contributed by atoms with Gasteiger partial charge in [0.15, 0.2) is 5.69 Å². The molecule has 8 heteroatoms. The normalized spacial score (nSPS) is 15.7. The predicted octanol–water partition coefficient (Wildman–Crippen LogP) is 3.33. The third kappa shape index (κ3) is 4.26. The van der Waals surface area contributed by atoms with E-state index in [1.807, 2.05) is 6.07 Å². The molecule has 0 saturated heterocycles. The second-order valence-electron chi connectivity index (χ2n) is 6.19. The fraction of sp³-hybridized carbons (Fsp3) is 0.263. The summed E-state index contributed by atoms with van der Waals surface area (Å²) in [4.78, 5) is 12.7. The van der Waals surface area contributed by atoms with Crippen molar-refractivity contribution < 1.29 is 13.6 Å². The standard InChI is InChI=1S/C19H17F2N5O/c1-13(3-2-7-25-8-5-17(12-22)24-25)19(27)26-18(4-6-23-26)14-9-15(20)11-16(21)10-14/h5-6,8-11,18H,1-4,7H2. The first-order valence-electron chi connectivity index (χ1n) is 8.41. The minimum Gasteiger partial charge on any atom is -0.271 e. The van der Waals surface area contributed by atoms with E-state index in [2.05, 4.69) is 16.8 Å². The predicted molar refractivity (Wildman–Crippen MR) is 94.4 cm³/mol. The van der Waals surface area contributed by atoms with Gasteiger partial charge in [0.2, 0.25) is 0 Å². The number of hydrogen-bond donors (Lipinski definition) is 0. The molecular formula is C19H17F2N5O. The minimum atomic E-state index is -0.695. The molecule has 0 fully saturated rings. The molecule has 0 N–H and O–H groups in total. The Morgan fingerprint density at radius 1 is 1.33 bits per heavy atom. The van der Waals surface area contributed by atoms with E-state index in [0.717, 1.165) is 6.07 Å². The third-order valence-electron chi connectivity index (χ3n) is 4.23. The van der Waals surface area contributed by atoms with Gasteiger partial charge in [0, 0.05) is 37.0 Å². The van der Waals surface area contributed by atoms with Crippen LogP contribution in [0.1, 0.15) is 36.6 Å². The summed E-state index contributed by atoms with van der Waals surface area (Å²) in [6.45, 7) is 4.36. The lowest BCUT2D eigenvalue weighted by Crippen LogP contribution is -2.28. The number of nitrogens with zero attached hydrogens (tertiary/aromatic N) is 5. The van der Waals surface area contributed by atoms with Crippen molar-refractivity contribution in [2.45, 2.75) is 31.8 Å². The monoisotopic (exact) mass is 369 g/mol. The van der Waals surface area contributed by atoms with Gasteiger partial charge in [-0.2, -0.15) is 15.5 Å². The quantitative estimate of drug-likeness (QED) is 0.733. The number of carbonyl (C=O) groups is 1. The molecule has 2 aromatic rings. The molecule has 0 aliphatic carbocycles. The average molecular weight is 369 g/mol. The van der Waals surface area contributed by atoms with Gasteiger partial charge in [0.25, 0.3) is 5.91 Å². The van der Waals surface area contributed by atoms with E-state index in [1.54, 1.807) is 23.2 Å². The number of aryl methyl sites for hydroxylation is 1. The Labute approximate surface area is 155 Å². The lowest BCUT2D eigenvalue weighted by molar-refractivity contribution is -0.129. The van der Waals surface area contributed by atoms with Gasteiger partial charge < -0.3 is 0 Å². The summed E-state index contributed by atoms with van der Waals surface area (Å²) in [6, 6.07) is 6.21. The largest absolute Gasteiger partial charge is 0.271 e. The van der Waals surface area contributed by atoms with Gasteiger partial charge in [0.05, 0.1) is 6.04 Å². The first-order valence-corrected chi connectivity index (χ1v) is 8.41. The molecule has 0 spiro atoms. The van der Waals surface area contributed by atoms with Crippen LogP contribution in [0.4, 0.5) is 8.78 Å². The van der Waals surface area contributed by atoms with Crippen LogP contribution in [0.3, 0.4) is 0 Å². The van der Waals surface area contributed by atoms with Crippen LogP contribution >= 0.6 is 0 Å². The fourth-order valence-electron chi connectivity index (χ4n) is 2.92. The zero-order valence-electron chi connectivity index (χ0n) is 14.5. The number of nitriles is 1. The van der Waals surface area contributed by atoms with Gasteiger partial charge in [-0.25, -0.2) is 13.8 Å². The fourth-order valence-corrected chi connectivity index (χ4v) is 2.92. The molecular weight excluding hydrogens is 352 g/mol. The zero-order valence-corrected chi connectivity index (χ0v) is 14.5. The van der Waals surface area contributed by atoms with Crippen molar-refractivity contribution in [1.29, 1.82) is 5.26 Å². The van der Waals surface area contributed by atoms with Crippen LogP contribution in [0.25, 0.3) is 0 Å². The van der Waals surface area contributed by atoms with E-state index in [4.69, 9.17) is 5.26 Å². The summed E-state index contributed by atoms with van der Waals surface area (Å²) in [5.41, 5.74) is 1.04. The van der Waals surface area contributed by atoms with Crippen molar-refractivity contribution in [1.82, 2.24) is 14.8 Å². The number of rotatable bonds is 6. The van der Waals surface area contributed by atoms with E-state index >= 15 is 0 Å². The maximum Gasteiger partial charge on any atom is 0.269 e. The van der Waals surface area contributed by atoms with Crippen molar-refractivity contribution in [3.05, 3.63) is 65.5 Å². The Hall–Kier alpha value is -3.34. The number of amides is 1. The number of benzene rings is 1. The maximum atomic E-state index is 13.5. The van der Waals surface area contributed by atoms with Gasteiger partial charge in [-0.15, -0.1) is 0 Å². The van der Waals surface area contributed by atoms with Crippen molar-refractivity contribution in [2.24, 2.45) is 5.10 Å². The summed E-state index contributed by atoms with van der Waals surface area (Å²) in [5, 5.41) is 18.1. The Morgan fingerprint density at radius 3 is 2.74 bits per heavy atom. The molecule has 3 rings (SSSR count). The Bertz CT molecular complexity index is 924. The topological polar surface area (TPSA) is 74.3 Å². The molecule has 2 heterocycles. The van der Waals surface area contributed by atoms with Gasteiger partial charge in [-0.3, -0.25) is 9.48 Å². The summed E-state index contributed by atoms with van der Waals surface area (Å²) < 4.78 is 28.6. The Balaban J connectivity index is 1.60. The van der Waals surface area contributed by atoms with Crippen LogP contribution in [0, 0.1) is 23.0 Å². The van der Waals surface area contributed by atoms with E-state index < -0.39 is 17.7 Å². The van der Waals surface area contributed by atoms with Crippen molar-refractivity contribution >= 4 is 12.1 Å². The third-order valence-corrected chi connectivity index (χ3v) is 4.23. The highest BCUT2D eigenvalue weighted by Gasteiger charge is 2.30. The Kier molecular flexibility index (Phi) is 5.41. The molecule has 1 amide bonds. The van der Waals surface area contributed by atoms with E-state index in [1.165, 1.54) is 17.1 Å². The average Bonchev–Trinajstić information content (AvgIpc) is 3.29. The van der Waals surface area contributed by atoms with Crippen molar-refractivity contribution in [3.8, 4) is 6.07 Å². The number of halogens is 2. The van der Waals surface area contributed by atoms with Crippen LogP contribution in [0.5, 0.6) is 0 Å². The second kappa shape index (κ2) is 7.91. The van der Waals surface area contributed by atoms with Gasteiger partial charge in [-0.05, 0) is 36.6 Å². The van der Waals surface area contributed by atoms with Gasteiger partial charge in [0.1, 0.15) is 17.7 Å². The van der Waals surface area contributed by atoms with Gasteiger partial charge >= 0.3 is 0 Å². The summed E-state index contributed by atoms with van der Waals surface area (Å²) >= 11 is 0. The molecule has 27 heavy (non-hydrogen) atoms. The molecule has 138 valence electrons. The Morgan fingerprint density at radius 2 is 2.07 bits per heavy atom. The highest BCUT2D eigenvalue weighted by molar-refractivity contribution is 5.94. The van der Waals surface area contributed by atoms with E-state index in [-0.39, 0.29) is 5.91 Å². The minimum absolute atomic E-state index is 0.335. The zero-order chi connectivity index (χ0) is 19.4. The van der Waals surface area contributed by atoms with Crippen LogP contribution in [0.2, 0.25) is 0 Å². The van der Waals surface area contributed by atoms with E-state index in [0.29, 0.717) is 42.6 Å². The number of carbonyl (C=O) groups excluding carboxylic acids is 1. The molecule has 0 bridgehead atoms. The SMILES string of the molecule is C=C(CCCn1ccc(C#N)n1)C(=O)N1N=CCC1c1cc(F)cc(F)c1. The van der Waals surface area contributed by atoms with Gasteiger partial charge in [-0.1, -0.05) is 6.58 Å². The summed E-state index contributed by atoms with van der Waals surface area (Å²) in [7, 11) is 0. The number of aromatic nitrogens is 2. The molecule has 0 radical (unpaired) electrons. The highest BCUT2D eigenvalue weighted by atomic mass is 19.1. The molecule has 0 saturated carbocycles. The highest BCUT2D eigenvalue weighted by Crippen LogP contribution is 2.30. The molecule has 1 aromatic carbocycles. The smallest absolute Gasteiger partial charge is 0.269 e. The first-order chi connectivity index (χ1) is 13.0.